The lowest BCUT2D eigenvalue weighted by Crippen LogP contribution is -2.68. The molecule has 0 radical (unpaired) electrons. The molecule has 0 aromatic heterocycles. The Kier molecular flexibility index (Phi) is 19.4. The van der Waals surface area contributed by atoms with Gasteiger partial charge in [0.05, 0.1) is 39.6 Å². The molecule has 6 aliphatic rings. The fourth-order valence-corrected chi connectivity index (χ4v) is 8.51. The maximum atomic E-state index is 11.4. The van der Waals surface area contributed by atoms with Crippen molar-refractivity contribution in [3.63, 3.8) is 0 Å². The molecule has 0 aromatic rings. The van der Waals surface area contributed by atoms with Crippen LogP contribution in [0.25, 0.3) is 0 Å². The number of aliphatic hydroxyl groups is 20. The molecule has 0 aliphatic carbocycles. The van der Waals surface area contributed by atoms with Crippen LogP contribution in [-0.4, -0.2) is 326 Å². The predicted octanol–water partition coefficient (Wildman–Crippen LogP) is -14.1. The zero-order valence-corrected chi connectivity index (χ0v) is 35.0. The van der Waals surface area contributed by atoms with Crippen LogP contribution < -0.4 is 0 Å². The highest BCUT2D eigenvalue weighted by Gasteiger charge is 2.57. The third-order valence-corrected chi connectivity index (χ3v) is 12.4. The minimum absolute atomic E-state index is 0.832. The molecule has 0 saturated carbocycles. The van der Waals surface area contributed by atoms with Gasteiger partial charge in [-0.1, -0.05) is 0 Å². The van der Waals surface area contributed by atoms with Crippen molar-refractivity contribution >= 4 is 0 Å². The predicted molar refractivity (Wildman–Crippen MR) is 199 cm³/mol. The van der Waals surface area contributed by atoms with Crippen LogP contribution in [-0.2, 0) is 52.1 Å². The van der Waals surface area contributed by atoms with E-state index in [-0.39, 0.29) is 0 Å². The first-order chi connectivity index (χ1) is 31.8. The minimum atomic E-state index is -2.19. The van der Waals surface area contributed by atoms with E-state index in [1.165, 1.54) is 0 Å². The Hall–Kier alpha value is -1.24. The average Bonchev–Trinajstić information content (AvgIpc) is 3.32. The Labute approximate surface area is 378 Å². The number of rotatable bonds is 16. The molecule has 0 amide bonds. The van der Waals surface area contributed by atoms with Crippen molar-refractivity contribution in [2.45, 2.75) is 184 Å². The van der Waals surface area contributed by atoms with Crippen LogP contribution in [0, 0.1) is 0 Å². The zero-order valence-electron chi connectivity index (χ0n) is 35.0. The van der Waals surface area contributed by atoms with Gasteiger partial charge < -0.3 is 154 Å². The number of hydrogen-bond donors (Lipinski definition) is 20. The van der Waals surface area contributed by atoms with Crippen LogP contribution in [0.1, 0.15) is 0 Å². The molecule has 0 aromatic carbocycles. The van der Waals surface area contributed by atoms with Crippen LogP contribution in [0.4, 0.5) is 0 Å². The summed E-state index contributed by atoms with van der Waals surface area (Å²) in [7, 11) is 0. The summed E-state index contributed by atoms with van der Waals surface area (Å²) >= 11 is 0. The third-order valence-electron chi connectivity index (χ3n) is 12.4. The second-order valence-electron chi connectivity index (χ2n) is 16.8. The lowest BCUT2D eigenvalue weighted by atomic mass is 9.95. The van der Waals surface area contributed by atoms with E-state index in [4.69, 9.17) is 52.1 Å². The number of hydrogen-bond acceptors (Lipinski definition) is 31. The fourth-order valence-electron chi connectivity index (χ4n) is 8.51. The van der Waals surface area contributed by atoms with Crippen LogP contribution in [0.2, 0.25) is 0 Å². The van der Waals surface area contributed by atoms with Gasteiger partial charge in [-0.15, -0.1) is 0 Å². The lowest BCUT2D eigenvalue weighted by molar-refractivity contribution is -0.396. The molecule has 6 fully saturated rings. The smallest absolute Gasteiger partial charge is 0.187 e. The van der Waals surface area contributed by atoms with E-state index < -0.39 is 224 Å². The zero-order chi connectivity index (χ0) is 49.3. The van der Waals surface area contributed by atoms with Gasteiger partial charge in [0.25, 0.3) is 0 Å². The summed E-state index contributed by atoms with van der Waals surface area (Å²) in [5.41, 5.74) is 0. The molecule has 6 rings (SSSR count). The Bertz CT molecular complexity index is 1500. The fraction of sp³-hybridized carbons (Fsp3) is 1.00. The highest BCUT2D eigenvalue weighted by molar-refractivity contribution is 5.00. The van der Waals surface area contributed by atoms with E-state index in [0.29, 0.717) is 0 Å². The van der Waals surface area contributed by atoms with Crippen molar-refractivity contribution in [2.24, 2.45) is 0 Å². The topological polar surface area (TPSA) is 506 Å². The van der Waals surface area contributed by atoms with Gasteiger partial charge in [0.1, 0.15) is 146 Å². The van der Waals surface area contributed by atoms with Gasteiger partial charge in [-0.3, -0.25) is 0 Å². The molecule has 20 N–H and O–H groups in total. The summed E-state index contributed by atoms with van der Waals surface area (Å²) in [5.74, 6) is 0. The largest absolute Gasteiger partial charge is 0.394 e. The van der Waals surface area contributed by atoms with E-state index in [1.807, 2.05) is 0 Å². The highest BCUT2D eigenvalue weighted by atomic mass is 16.8. The van der Waals surface area contributed by atoms with Crippen LogP contribution >= 0.6 is 0 Å². The molecule has 6 aliphatic heterocycles. The summed E-state index contributed by atoms with van der Waals surface area (Å²) < 4.78 is 60.3. The molecule has 30 atom stereocenters. The quantitative estimate of drug-likeness (QED) is 0.0683. The Morgan fingerprint density at radius 1 is 0.224 bits per heavy atom. The average molecular weight is 991 g/mol. The molecule has 67 heavy (non-hydrogen) atoms. The number of aliphatic hydroxyl groups excluding tert-OH is 20. The van der Waals surface area contributed by atoms with Gasteiger partial charge in [-0.25, -0.2) is 0 Å². The maximum Gasteiger partial charge on any atom is 0.187 e. The van der Waals surface area contributed by atoms with Crippen molar-refractivity contribution in [3.8, 4) is 0 Å². The van der Waals surface area contributed by atoms with E-state index in [2.05, 4.69) is 0 Å². The molecule has 0 bridgehead atoms. The first-order valence-corrected chi connectivity index (χ1v) is 21.1. The Morgan fingerprint density at radius 3 is 0.821 bits per heavy atom. The highest BCUT2D eigenvalue weighted by Crippen LogP contribution is 2.36. The van der Waals surface area contributed by atoms with Gasteiger partial charge >= 0.3 is 0 Å². The van der Waals surface area contributed by atoms with Crippen molar-refractivity contribution < 1.29 is 154 Å². The van der Waals surface area contributed by atoms with Crippen molar-refractivity contribution in [1.29, 1.82) is 0 Å². The maximum absolute atomic E-state index is 11.4. The Morgan fingerprint density at radius 2 is 0.478 bits per heavy atom. The van der Waals surface area contributed by atoms with Gasteiger partial charge in [0, 0.05) is 0 Å². The standard InChI is InChI=1S/C36H62O31/c37-1-7-13(43)16(46)20(50)32(58-7)63-26-10(4-40)62-35(23(53)19(26)49)67-30-15(45)9(3-39)59-36(25(30)55)65-28-12(6-42)60-33(21(51)17(28)47)64-27-11(5-41)61-34(22(52)18(27)48)66-29-14(44)8(2-38)57-31(56)24(29)54/h7-56H,1-6H2/t7-,8-,9-,10-,11-,12-,13-,14-,15-,16+,17-,18-,19-,20-,21-,22-,23-,24-,25-,26-,27-,28-,29+,30+,31+,32+,33+,34+,35+,36+/m1/s1. The first kappa shape index (κ1) is 55.1. The summed E-state index contributed by atoms with van der Waals surface area (Å²) in [6.07, 6.45) is -57.1. The SMILES string of the molecule is OC[C@H]1O[C@@H](O[C@H]2[C@H](O)[C@@H](O)[C@H](O[C@@H]3[C@@H](O)[C@H](O[C@H]4[C@H](O)[C@@H](O)[C@H](O[C@H]5[C@H](O)[C@@H](O)[C@H](O[C@@H]6[C@@H](O)[C@@H](O)O[C@H](CO)[C@H]6O)O[C@@H]5CO)O[C@@H]4CO)O[C@H](CO)[C@H]3O)O[C@@H]2CO)[C@H](O)[C@@H](O)[C@@H]1O. The molecule has 31 heteroatoms. The summed E-state index contributed by atoms with van der Waals surface area (Å²) in [4.78, 5) is 0. The van der Waals surface area contributed by atoms with Gasteiger partial charge in [-0.2, -0.15) is 0 Å². The normalized spacial score (nSPS) is 53.4. The number of ether oxygens (including phenoxy) is 11. The van der Waals surface area contributed by atoms with Crippen LogP contribution in [0.15, 0.2) is 0 Å². The molecule has 392 valence electrons. The molecular formula is C36H62O31. The monoisotopic (exact) mass is 990 g/mol. The molecule has 6 saturated heterocycles. The van der Waals surface area contributed by atoms with Gasteiger partial charge in [0.2, 0.25) is 0 Å². The van der Waals surface area contributed by atoms with E-state index in [9.17, 15) is 102 Å². The summed E-state index contributed by atoms with van der Waals surface area (Å²) in [6.45, 7) is -5.69. The van der Waals surface area contributed by atoms with Crippen molar-refractivity contribution in [1.82, 2.24) is 0 Å². The van der Waals surface area contributed by atoms with Gasteiger partial charge in [0.15, 0.2) is 37.7 Å². The molecular weight excluding hydrogens is 928 g/mol. The second-order valence-corrected chi connectivity index (χ2v) is 16.8. The molecule has 0 unspecified atom stereocenters. The lowest BCUT2D eigenvalue weighted by Gasteiger charge is -2.50. The van der Waals surface area contributed by atoms with Gasteiger partial charge in [-0.05, 0) is 0 Å². The van der Waals surface area contributed by atoms with Crippen molar-refractivity contribution in [3.05, 3.63) is 0 Å². The van der Waals surface area contributed by atoms with Crippen LogP contribution in [0.3, 0.4) is 0 Å². The first-order valence-electron chi connectivity index (χ1n) is 21.1. The summed E-state index contributed by atoms with van der Waals surface area (Å²) in [6, 6.07) is 0. The van der Waals surface area contributed by atoms with E-state index in [1.54, 1.807) is 0 Å². The Balaban J connectivity index is 1.10. The minimum Gasteiger partial charge on any atom is -0.394 e. The molecule has 31 nitrogen and oxygen atoms in total. The van der Waals surface area contributed by atoms with Crippen molar-refractivity contribution in [2.75, 3.05) is 39.6 Å². The second kappa shape index (κ2) is 23.5. The molecule has 6 heterocycles. The van der Waals surface area contributed by atoms with E-state index >= 15 is 0 Å². The summed E-state index contributed by atoms with van der Waals surface area (Å²) in [5, 5.41) is 210. The molecule has 0 spiro atoms. The third kappa shape index (κ3) is 11.2. The van der Waals surface area contributed by atoms with Crippen LogP contribution in [0.5, 0.6) is 0 Å². The van der Waals surface area contributed by atoms with E-state index in [0.717, 1.165) is 0 Å².